The molecule has 2 bridgehead atoms. The molecule has 2 heteroatoms. The molecule has 92 valence electrons. The highest BCUT2D eigenvalue weighted by atomic mass is 79.9. The van der Waals surface area contributed by atoms with Crippen LogP contribution in [-0.2, 0) is 0 Å². The Kier molecular flexibility index (Phi) is 3.16. The largest absolute Gasteiger partial charge is 0.385 e. The maximum absolute atomic E-state index is 3.65. The van der Waals surface area contributed by atoms with Crippen LogP contribution in [0.25, 0.3) is 0 Å². The lowest BCUT2D eigenvalue weighted by Crippen LogP contribution is -2.20. The van der Waals surface area contributed by atoms with Crippen molar-refractivity contribution in [3.8, 4) is 0 Å². The lowest BCUT2D eigenvalue weighted by Gasteiger charge is -2.23. The molecule has 1 nitrogen and oxygen atoms in total. The second-order valence-electron chi connectivity index (χ2n) is 5.78. The van der Waals surface area contributed by atoms with Gasteiger partial charge in [-0.05, 0) is 67.7 Å². The summed E-state index contributed by atoms with van der Waals surface area (Å²) in [5.41, 5.74) is 2.64. The molecule has 1 N–H and O–H groups in total. The van der Waals surface area contributed by atoms with Crippen LogP contribution in [0, 0.1) is 24.7 Å². The molecule has 0 heterocycles. The average molecular weight is 294 g/mol. The minimum absolute atomic E-state index is 0.928. The van der Waals surface area contributed by atoms with Crippen LogP contribution in [0.2, 0.25) is 0 Å². The molecular weight excluding hydrogens is 274 g/mol. The van der Waals surface area contributed by atoms with Crippen molar-refractivity contribution in [2.75, 3.05) is 11.9 Å². The maximum Gasteiger partial charge on any atom is 0.0370 e. The van der Waals surface area contributed by atoms with Gasteiger partial charge in [0, 0.05) is 16.7 Å². The van der Waals surface area contributed by atoms with Gasteiger partial charge in [-0.25, -0.2) is 0 Å². The minimum Gasteiger partial charge on any atom is -0.385 e. The number of nitrogens with one attached hydrogen (secondary N) is 1. The molecule has 0 aromatic heterocycles. The van der Waals surface area contributed by atoms with E-state index in [1.165, 1.54) is 48.0 Å². The van der Waals surface area contributed by atoms with Crippen LogP contribution in [0.4, 0.5) is 5.69 Å². The van der Waals surface area contributed by atoms with Crippen molar-refractivity contribution in [2.24, 2.45) is 17.8 Å². The topological polar surface area (TPSA) is 12.0 Å². The molecule has 1 aromatic carbocycles. The zero-order chi connectivity index (χ0) is 11.8. The number of rotatable bonds is 3. The van der Waals surface area contributed by atoms with Gasteiger partial charge in [-0.15, -0.1) is 0 Å². The molecule has 3 rings (SSSR count). The zero-order valence-electron chi connectivity index (χ0n) is 10.4. The molecule has 0 spiro atoms. The molecule has 3 unspecified atom stereocenters. The average Bonchev–Trinajstić information content (AvgIpc) is 2.89. The lowest BCUT2D eigenvalue weighted by molar-refractivity contribution is 0.348. The Morgan fingerprint density at radius 3 is 2.82 bits per heavy atom. The highest BCUT2D eigenvalue weighted by molar-refractivity contribution is 9.10. The van der Waals surface area contributed by atoms with E-state index in [2.05, 4.69) is 46.4 Å². The fourth-order valence-corrected chi connectivity index (χ4v) is 4.17. The Bertz CT molecular complexity index is 415. The number of aryl methyl sites for hydroxylation is 1. The van der Waals surface area contributed by atoms with Crippen molar-refractivity contribution in [2.45, 2.75) is 32.6 Å². The third-order valence-corrected chi connectivity index (χ3v) is 5.12. The number of hydrogen-bond donors (Lipinski definition) is 1. The van der Waals surface area contributed by atoms with E-state index >= 15 is 0 Å². The first kappa shape index (κ1) is 11.6. The molecule has 0 aliphatic heterocycles. The van der Waals surface area contributed by atoms with Gasteiger partial charge >= 0.3 is 0 Å². The Labute approximate surface area is 112 Å². The van der Waals surface area contributed by atoms with Crippen molar-refractivity contribution in [1.82, 2.24) is 0 Å². The second-order valence-corrected chi connectivity index (χ2v) is 6.69. The molecule has 2 saturated carbocycles. The van der Waals surface area contributed by atoms with Gasteiger partial charge in [0.05, 0.1) is 0 Å². The normalized spacial score (nSPS) is 30.8. The van der Waals surface area contributed by atoms with Crippen molar-refractivity contribution in [3.05, 3.63) is 28.2 Å². The van der Waals surface area contributed by atoms with E-state index < -0.39 is 0 Å². The van der Waals surface area contributed by atoms with E-state index in [9.17, 15) is 0 Å². The van der Waals surface area contributed by atoms with E-state index in [0.29, 0.717) is 0 Å². The van der Waals surface area contributed by atoms with Crippen LogP contribution in [0.1, 0.15) is 31.2 Å². The van der Waals surface area contributed by atoms with Crippen molar-refractivity contribution in [1.29, 1.82) is 0 Å². The van der Waals surface area contributed by atoms with E-state index in [1.54, 1.807) is 0 Å². The van der Waals surface area contributed by atoms with Crippen LogP contribution >= 0.6 is 15.9 Å². The monoisotopic (exact) mass is 293 g/mol. The fourth-order valence-electron chi connectivity index (χ4n) is 3.69. The highest BCUT2D eigenvalue weighted by Gasteiger charge is 2.38. The summed E-state index contributed by atoms with van der Waals surface area (Å²) in [6.07, 6.45) is 5.95. The summed E-state index contributed by atoms with van der Waals surface area (Å²) in [5.74, 6) is 3.00. The summed E-state index contributed by atoms with van der Waals surface area (Å²) in [6, 6.07) is 6.49. The SMILES string of the molecule is Cc1cc(Br)ccc1NCC1CC2CCC1C2. The third kappa shape index (κ3) is 2.37. The van der Waals surface area contributed by atoms with E-state index in [0.717, 1.165) is 17.8 Å². The summed E-state index contributed by atoms with van der Waals surface area (Å²) >= 11 is 3.51. The lowest BCUT2D eigenvalue weighted by atomic mass is 9.89. The van der Waals surface area contributed by atoms with E-state index in [1.807, 2.05) is 0 Å². The Morgan fingerprint density at radius 1 is 1.29 bits per heavy atom. The van der Waals surface area contributed by atoms with Crippen LogP contribution in [0.15, 0.2) is 22.7 Å². The molecule has 1 aromatic rings. The maximum atomic E-state index is 3.65. The van der Waals surface area contributed by atoms with E-state index in [4.69, 9.17) is 0 Å². The highest BCUT2D eigenvalue weighted by Crippen LogP contribution is 2.48. The molecule has 0 amide bonds. The number of fused-ring (bicyclic) bond motifs is 2. The minimum atomic E-state index is 0.928. The summed E-state index contributed by atoms with van der Waals surface area (Å²) in [4.78, 5) is 0. The Morgan fingerprint density at radius 2 is 2.18 bits per heavy atom. The van der Waals surface area contributed by atoms with Crippen LogP contribution in [0.3, 0.4) is 0 Å². The Hall–Kier alpha value is -0.500. The molecule has 17 heavy (non-hydrogen) atoms. The molecule has 2 fully saturated rings. The first-order valence-electron chi connectivity index (χ1n) is 6.72. The van der Waals surface area contributed by atoms with Crippen molar-refractivity contribution < 1.29 is 0 Å². The van der Waals surface area contributed by atoms with Crippen LogP contribution < -0.4 is 5.32 Å². The third-order valence-electron chi connectivity index (χ3n) is 4.63. The summed E-state index contributed by atoms with van der Waals surface area (Å²) in [7, 11) is 0. The van der Waals surface area contributed by atoms with Gasteiger partial charge in [0.15, 0.2) is 0 Å². The van der Waals surface area contributed by atoms with Crippen LogP contribution in [-0.4, -0.2) is 6.54 Å². The van der Waals surface area contributed by atoms with Gasteiger partial charge in [0.1, 0.15) is 0 Å². The van der Waals surface area contributed by atoms with Crippen molar-refractivity contribution >= 4 is 21.6 Å². The predicted octanol–water partition coefficient (Wildman–Crippen LogP) is 4.61. The molecular formula is C15H20BrN. The number of hydrogen-bond acceptors (Lipinski definition) is 1. The summed E-state index contributed by atoms with van der Waals surface area (Å²) < 4.78 is 1.17. The molecule has 3 atom stereocenters. The van der Waals surface area contributed by atoms with Crippen molar-refractivity contribution in [3.63, 3.8) is 0 Å². The van der Waals surface area contributed by atoms with Gasteiger partial charge in [-0.1, -0.05) is 22.4 Å². The first-order valence-corrected chi connectivity index (χ1v) is 7.51. The predicted molar refractivity (Wildman–Crippen MR) is 76.3 cm³/mol. The summed E-state index contributed by atoms with van der Waals surface area (Å²) in [5, 5.41) is 3.65. The molecule has 2 aliphatic carbocycles. The fraction of sp³-hybridized carbons (Fsp3) is 0.600. The molecule has 2 aliphatic rings. The summed E-state index contributed by atoms with van der Waals surface area (Å²) in [6.45, 7) is 3.34. The number of halogens is 1. The molecule has 0 radical (unpaired) electrons. The number of benzene rings is 1. The smallest absolute Gasteiger partial charge is 0.0370 e. The van der Waals surface area contributed by atoms with Gasteiger partial charge in [-0.3, -0.25) is 0 Å². The van der Waals surface area contributed by atoms with Gasteiger partial charge in [0.25, 0.3) is 0 Å². The van der Waals surface area contributed by atoms with Gasteiger partial charge in [0.2, 0.25) is 0 Å². The van der Waals surface area contributed by atoms with Gasteiger partial charge < -0.3 is 5.32 Å². The quantitative estimate of drug-likeness (QED) is 0.858. The van der Waals surface area contributed by atoms with Gasteiger partial charge in [-0.2, -0.15) is 0 Å². The zero-order valence-corrected chi connectivity index (χ0v) is 12.0. The standard InChI is InChI=1S/C15H20BrN/c1-10-6-14(16)4-5-15(10)17-9-13-8-11-2-3-12(13)7-11/h4-6,11-13,17H,2-3,7-9H2,1H3. The molecule has 0 saturated heterocycles. The number of anilines is 1. The second kappa shape index (κ2) is 4.64. The van der Waals surface area contributed by atoms with E-state index in [-0.39, 0.29) is 0 Å². The Balaban J connectivity index is 1.60. The first-order chi connectivity index (χ1) is 8.22. The van der Waals surface area contributed by atoms with Crippen LogP contribution in [0.5, 0.6) is 0 Å².